The van der Waals surface area contributed by atoms with E-state index < -0.39 is 53.6 Å². The highest BCUT2D eigenvalue weighted by Gasteiger charge is 2.56. The van der Waals surface area contributed by atoms with Gasteiger partial charge < -0.3 is 4.74 Å². The summed E-state index contributed by atoms with van der Waals surface area (Å²) in [5.41, 5.74) is 2.38. The van der Waals surface area contributed by atoms with E-state index in [0.29, 0.717) is 11.6 Å². The highest BCUT2D eigenvalue weighted by Crippen LogP contribution is 2.45. The second-order valence-corrected chi connectivity index (χ2v) is 9.47. The number of halogens is 10. The molecule has 1 aliphatic rings. The summed E-state index contributed by atoms with van der Waals surface area (Å²) in [5.74, 6) is -8.45. The Bertz CT molecular complexity index is 1460. The van der Waals surface area contributed by atoms with E-state index in [1.54, 1.807) is 24.3 Å². The van der Waals surface area contributed by atoms with E-state index >= 15 is 0 Å². The fourth-order valence-electron chi connectivity index (χ4n) is 4.45. The Morgan fingerprint density at radius 2 is 1.26 bits per heavy atom. The summed E-state index contributed by atoms with van der Waals surface area (Å²) >= 11 is 0. The zero-order valence-electron chi connectivity index (χ0n) is 21.7. The van der Waals surface area contributed by atoms with Gasteiger partial charge in [-0.15, -0.1) is 13.2 Å². The molecule has 0 heterocycles. The van der Waals surface area contributed by atoms with Crippen molar-refractivity contribution >= 4 is 0 Å². The van der Waals surface area contributed by atoms with Crippen molar-refractivity contribution in [2.45, 2.75) is 44.5 Å². The first-order chi connectivity index (χ1) is 19.6. The molecule has 42 heavy (non-hydrogen) atoms. The number of aryl methyl sites for hydroxylation is 1. The minimum atomic E-state index is -5.94. The van der Waals surface area contributed by atoms with E-state index in [9.17, 15) is 43.9 Å². The Hall–Kier alpha value is -3.80. The molecule has 2 atom stereocenters. The van der Waals surface area contributed by atoms with Gasteiger partial charge in [0.25, 0.3) is 0 Å². The molecule has 1 aliphatic carbocycles. The van der Waals surface area contributed by atoms with Crippen LogP contribution in [0, 0.1) is 11.7 Å². The van der Waals surface area contributed by atoms with Crippen LogP contribution in [0.15, 0.2) is 90.5 Å². The molecule has 0 amide bonds. The van der Waals surface area contributed by atoms with Gasteiger partial charge in [0.05, 0.1) is 5.56 Å². The van der Waals surface area contributed by atoms with Crippen LogP contribution in [0.5, 0.6) is 0 Å². The van der Waals surface area contributed by atoms with Gasteiger partial charge in [-0.2, -0.15) is 17.6 Å². The lowest BCUT2D eigenvalue weighted by atomic mass is 9.95. The monoisotopic (exact) mass is 604 g/mol. The molecule has 2 nitrogen and oxygen atoms in total. The molecular weight excluding hydrogens is 582 g/mol. The van der Waals surface area contributed by atoms with E-state index in [1.165, 1.54) is 5.56 Å². The average molecular weight is 604 g/mol. The number of ether oxygens (including phenoxy) is 2. The summed E-state index contributed by atoms with van der Waals surface area (Å²) < 4.78 is 143. The van der Waals surface area contributed by atoms with Crippen LogP contribution in [0.25, 0.3) is 22.3 Å². The second-order valence-electron chi connectivity index (χ2n) is 9.47. The quantitative estimate of drug-likeness (QED) is 0.226. The van der Waals surface area contributed by atoms with Gasteiger partial charge in [-0.05, 0) is 52.4 Å². The first kappa shape index (κ1) is 31.1. The van der Waals surface area contributed by atoms with Gasteiger partial charge in [0.2, 0.25) is 0 Å². The van der Waals surface area contributed by atoms with Crippen LogP contribution >= 0.6 is 0 Å². The number of allylic oxidation sites excluding steroid dienone is 2. The molecule has 0 aliphatic heterocycles. The molecule has 224 valence electrons. The molecule has 0 bridgehead atoms. The van der Waals surface area contributed by atoms with Gasteiger partial charge in [-0.3, -0.25) is 0 Å². The van der Waals surface area contributed by atoms with Crippen LogP contribution in [-0.2, 0) is 22.0 Å². The summed E-state index contributed by atoms with van der Waals surface area (Å²) in [6.45, 7) is 2.08. The van der Waals surface area contributed by atoms with Crippen molar-refractivity contribution in [3.05, 3.63) is 107 Å². The average Bonchev–Trinajstić information content (AvgIpc) is 2.87. The highest BCUT2D eigenvalue weighted by molar-refractivity contribution is 5.70. The van der Waals surface area contributed by atoms with Crippen LogP contribution in [0.2, 0.25) is 0 Å². The van der Waals surface area contributed by atoms with E-state index in [1.807, 2.05) is 24.3 Å². The molecule has 0 N–H and O–H groups in total. The predicted molar refractivity (Wildman–Crippen MR) is 134 cm³/mol. The number of hydrogen-bond donors (Lipinski definition) is 0. The summed E-state index contributed by atoms with van der Waals surface area (Å²) in [6, 6.07) is 17.4. The molecule has 3 aromatic rings. The van der Waals surface area contributed by atoms with Gasteiger partial charge in [0.15, 0.2) is 0 Å². The lowest BCUT2D eigenvalue weighted by Crippen LogP contribution is -2.42. The zero-order chi connectivity index (χ0) is 30.9. The SMILES string of the molecule is CCCc1ccc(-c2ccc(-c3ccc(C(F)(F)OC4=CC(F)[C@H](C(F)(F)OC(F)(F)F)C(F)=C4)c(F)c3)cc2)cc1. The van der Waals surface area contributed by atoms with Crippen molar-refractivity contribution in [2.24, 2.45) is 5.92 Å². The third-order valence-corrected chi connectivity index (χ3v) is 6.41. The summed E-state index contributed by atoms with van der Waals surface area (Å²) in [7, 11) is 0. The van der Waals surface area contributed by atoms with E-state index in [4.69, 9.17) is 0 Å². The summed E-state index contributed by atoms with van der Waals surface area (Å²) in [5, 5.41) is 0. The minimum Gasteiger partial charge on any atom is -0.429 e. The van der Waals surface area contributed by atoms with Crippen molar-refractivity contribution in [3.8, 4) is 22.3 Å². The van der Waals surface area contributed by atoms with Gasteiger partial charge in [-0.25, -0.2) is 17.9 Å². The third kappa shape index (κ3) is 7.15. The zero-order valence-corrected chi connectivity index (χ0v) is 21.7. The maximum Gasteiger partial charge on any atom is 0.527 e. The standard InChI is InChI=1S/C30H22F10O2/c1-2-3-17-4-6-18(7-5-17)19-8-10-20(11-9-19)21-12-13-23(24(31)14-21)28(34,35)41-22-15-25(32)27(26(33)16-22)29(36,37)42-30(38,39)40/h4-16,25,27H,2-3H2,1H3/t25?,27-/m0/s1. The fourth-order valence-corrected chi connectivity index (χ4v) is 4.45. The van der Waals surface area contributed by atoms with E-state index in [0.717, 1.165) is 36.1 Å². The summed E-state index contributed by atoms with van der Waals surface area (Å²) in [6.07, 6.45) is -17.4. The second kappa shape index (κ2) is 11.8. The summed E-state index contributed by atoms with van der Waals surface area (Å²) in [4.78, 5) is 0. The number of alkyl halides is 8. The van der Waals surface area contributed by atoms with Gasteiger partial charge in [-0.1, -0.05) is 67.9 Å². The maximum absolute atomic E-state index is 14.8. The molecule has 0 saturated heterocycles. The molecule has 4 rings (SSSR count). The first-order valence-corrected chi connectivity index (χ1v) is 12.5. The van der Waals surface area contributed by atoms with Crippen LogP contribution in [-0.4, -0.2) is 18.6 Å². The molecule has 0 aromatic heterocycles. The van der Waals surface area contributed by atoms with Gasteiger partial charge in [0.1, 0.15) is 29.5 Å². The van der Waals surface area contributed by atoms with E-state index in [2.05, 4.69) is 16.4 Å². The Kier molecular flexibility index (Phi) is 8.77. The van der Waals surface area contributed by atoms with Crippen LogP contribution in [0.3, 0.4) is 0 Å². The topological polar surface area (TPSA) is 18.5 Å². The Labute approximate surface area is 233 Å². The normalized spacial score (nSPS) is 18.0. The fraction of sp³-hybridized carbons (Fsp3) is 0.267. The Morgan fingerprint density at radius 1 is 0.738 bits per heavy atom. The predicted octanol–water partition coefficient (Wildman–Crippen LogP) is 10.0. The van der Waals surface area contributed by atoms with Crippen molar-refractivity contribution in [3.63, 3.8) is 0 Å². The lowest BCUT2D eigenvalue weighted by Gasteiger charge is -2.30. The maximum atomic E-state index is 14.8. The lowest BCUT2D eigenvalue weighted by molar-refractivity contribution is -0.437. The Morgan fingerprint density at radius 3 is 1.76 bits per heavy atom. The first-order valence-electron chi connectivity index (χ1n) is 12.5. The molecule has 3 aromatic carbocycles. The molecule has 1 unspecified atom stereocenters. The van der Waals surface area contributed by atoms with Gasteiger partial charge in [0, 0.05) is 6.08 Å². The molecule has 0 radical (unpaired) electrons. The molecule has 0 fully saturated rings. The number of benzene rings is 3. The van der Waals surface area contributed by atoms with Crippen molar-refractivity contribution in [1.29, 1.82) is 0 Å². The highest BCUT2D eigenvalue weighted by atomic mass is 19.4. The van der Waals surface area contributed by atoms with Crippen LogP contribution in [0.1, 0.15) is 24.5 Å². The van der Waals surface area contributed by atoms with Crippen molar-refractivity contribution < 1.29 is 53.4 Å². The van der Waals surface area contributed by atoms with Crippen molar-refractivity contribution in [1.82, 2.24) is 0 Å². The third-order valence-electron chi connectivity index (χ3n) is 6.41. The molecule has 0 saturated carbocycles. The minimum absolute atomic E-state index is 0.0829. The largest absolute Gasteiger partial charge is 0.527 e. The molecule has 0 spiro atoms. The van der Waals surface area contributed by atoms with E-state index in [-0.39, 0.29) is 17.7 Å². The van der Waals surface area contributed by atoms with Crippen molar-refractivity contribution in [2.75, 3.05) is 0 Å². The molecular formula is C30H22F10O2. The van der Waals surface area contributed by atoms with Crippen LogP contribution < -0.4 is 0 Å². The molecule has 12 heteroatoms. The smallest absolute Gasteiger partial charge is 0.429 e. The number of rotatable bonds is 9. The van der Waals surface area contributed by atoms with Crippen LogP contribution in [0.4, 0.5) is 43.9 Å². The Balaban J connectivity index is 1.49. The van der Waals surface area contributed by atoms with Gasteiger partial charge >= 0.3 is 18.6 Å². The number of hydrogen-bond acceptors (Lipinski definition) is 2.